The van der Waals surface area contributed by atoms with Crippen LogP contribution in [-0.4, -0.2) is 62.9 Å². The first kappa shape index (κ1) is 14.8. The number of rotatable bonds is 5. The standard InChI is InChI=1S/C13H24N6O/c1-14-11-15-12(18(2)3)17-13(16-11)19(4)8-10-6-5-7-20-9-10/h10H,5-9H2,1-4H3,(H,14,15,16,17). The Morgan fingerprint density at radius 2 is 1.95 bits per heavy atom. The van der Waals surface area contributed by atoms with Gasteiger partial charge in [0, 0.05) is 41.3 Å². The van der Waals surface area contributed by atoms with E-state index in [0.29, 0.717) is 23.8 Å². The Morgan fingerprint density at radius 3 is 2.55 bits per heavy atom. The number of ether oxygens (including phenoxy) is 1. The summed E-state index contributed by atoms with van der Waals surface area (Å²) in [5.74, 6) is 2.49. The van der Waals surface area contributed by atoms with Gasteiger partial charge in [-0.2, -0.15) is 15.0 Å². The average molecular weight is 280 g/mol. The van der Waals surface area contributed by atoms with E-state index in [4.69, 9.17) is 4.74 Å². The van der Waals surface area contributed by atoms with E-state index in [-0.39, 0.29) is 0 Å². The minimum atomic E-state index is 0.548. The lowest BCUT2D eigenvalue weighted by Crippen LogP contribution is -2.32. The number of hydrogen-bond donors (Lipinski definition) is 1. The third-order valence-corrected chi connectivity index (χ3v) is 3.36. The summed E-state index contributed by atoms with van der Waals surface area (Å²) < 4.78 is 5.53. The van der Waals surface area contributed by atoms with E-state index in [1.54, 1.807) is 0 Å². The highest BCUT2D eigenvalue weighted by molar-refractivity contribution is 5.43. The maximum Gasteiger partial charge on any atom is 0.231 e. The van der Waals surface area contributed by atoms with E-state index < -0.39 is 0 Å². The third-order valence-electron chi connectivity index (χ3n) is 3.36. The van der Waals surface area contributed by atoms with Gasteiger partial charge in [0.1, 0.15) is 0 Å². The van der Waals surface area contributed by atoms with Gasteiger partial charge in [0.2, 0.25) is 17.8 Å². The van der Waals surface area contributed by atoms with E-state index in [0.717, 1.165) is 26.2 Å². The van der Waals surface area contributed by atoms with Crippen molar-refractivity contribution in [2.45, 2.75) is 12.8 Å². The monoisotopic (exact) mass is 280 g/mol. The van der Waals surface area contributed by atoms with Gasteiger partial charge < -0.3 is 19.9 Å². The fourth-order valence-electron chi connectivity index (χ4n) is 2.26. The van der Waals surface area contributed by atoms with Crippen LogP contribution < -0.4 is 15.1 Å². The zero-order chi connectivity index (χ0) is 14.5. The molecule has 7 heteroatoms. The highest BCUT2D eigenvalue weighted by Crippen LogP contribution is 2.18. The summed E-state index contributed by atoms with van der Waals surface area (Å²) in [5, 5.41) is 2.98. The summed E-state index contributed by atoms with van der Waals surface area (Å²) in [6.45, 7) is 2.62. The molecule has 1 atom stereocenters. The number of nitrogens with zero attached hydrogens (tertiary/aromatic N) is 5. The van der Waals surface area contributed by atoms with Gasteiger partial charge in [-0.3, -0.25) is 0 Å². The van der Waals surface area contributed by atoms with Crippen LogP contribution in [-0.2, 0) is 4.74 Å². The van der Waals surface area contributed by atoms with Crippen LogP contribution in [0.15, 0.2) is 0 Å². The molecule has 1 aromatic rings. The zero-order valence-corrected chi connectivity index (χ0v) is 12.8. The van der Waals surface area contributed by atoms with E-state index in [2.05, 4.69) is 25.2 Å². The second-order valence-corrected chi connectivity index (χ2v) is 5.37. The summed E-state index contributed by atoms with van der Waals surface area (Å²) in [5.41, 5.74) is 0. The predicted molar refractivity (Wildman–Crippen MR) is 80.5 cm³/mol. The molecule has 0 spiro atoms. The molecule has 1 aromatic heterocycles. The summed E-state index contributed by atoms with van der Waals surface area (Å²) >= 11 is 0. The van der Waals surface area contributed by atoms with E-state index in [1.807, 2.05) is 33.1 Å². The topological polar surface area (TPSA) is 66.4 Å². The van der Waals surface area contributed by atoms with E-state index >= 15 is 0 Å². The van der Waals surface area contributed by atoms with Gasteiger partial charge >= 0.3 is 0 Å². The number of aromatic nitrogens is 3. The Balaban J connectivity index is 2.11. The minimum Gasteiger partial charge on any atom is -0.381 e. The minimum absolute atomic E-state index is 0.548. The van der Waals surface area contributed by atoms with Crippen molar-refractivity contribution >= 4 is 17.8 Å². The molecule has 7 nitrogen and oxygen atoms in total. The van der Waals surface area contributed by atoms with Gasteiger partial charge in [0.15, 0.2) is 0 Å². The molecule has 112 valence electrons. The van der Waals surface area contributed by atoms with Gasteiger partial charge in [-0.05, 0) is 18.8 Å². The van der Waals surface area contributed by atoms with Crippen molar-refractivity contribution in [2.75, 3.05) is 63.1 Å². The van der Waals surface area contributed by atoms with Crippen LogP contribution in [0.25, 0.3) is 0 Å². The maximum absolute atomic E-state index is 5.53. The molecule has 0 radical (unpaired) electrons. The van der Waals surface area contributed by atoms with Gasteiger partial charge in [-0.15, -0.1) is 0 Å². The normalized spacial score (nSPS) is 18.7. The summed E-state index contributed by atoms with van der Waals surface area (Å²) in [6, 6.07) is 0. The molecular weight excluding hydrogens is 256 g/mol. The average Bonchev–Trinajstić information content (AvgIpc) is 2.47. The van der Waals surface area contributed by atoms with Crippen LogP contribution >= 0.6 is 0 Å². The quantitative estimate of drug-likeness (QED) is 0.857. The first-order valence-corrected chi connectivity index (χ1v) is 7.00. The summed E-state index contributed by atoms with van der Waals surface area (Å²) in [4.78, 5) is 17.2. The van der Waals surface area contributed by atoms with Crippen molar-refractivity contribution in [3.05, 3.63) is 0 Å². The van der Waals surface area contributed by atoms with Crippen molar-refractivity contribution in [1.29, 1.82) is 0 Å². The molecule has 20 heavy (non-hydrogen) atoms. The van der Waals surface area contributed by atoms with Gasteiger partial charge in [-0.1, -0.05) is 0 Å². The van der Waals surface area contributed by atoms with Crippen LogP contribution in [0.2, 0.25) is 0 Å². The molecule has 1 fully saturated rings. The molecule has 1 unspecified atom stereocenters. The number of hydrogen-bond acceptors (Lipinski definition) is 7. The molecule has 0 bridgehead atoms. The van der Waals surface area contributed by atoms with Crippen molar-refractivity contribution < 1.29 is 4.74 Å². The fraction of sp³-hybridized carbons (Fsp3) is 0.769. The Kier molecular flexibility index (Phi) is 4.94. The molecule has 1 N–H and O–H groups in total. The largest absolute Gasteiger partial charge is 0.381 e. The lowest BCUT2D eigenvalue weighted by Gasteiger charge is -2.27. The Labute approximate surface area is 120 Å². The molecular formula is C13H24N6O. The molecule has 2 heterocycles. The third kappa shape index (κ3) is 3.69. The second kappa shape index (κ2) is 6.69. The van der Waals surface area contributed by atoms with Crippen molar-refractivity contribution in [3.63, 3.8) is 0 Å². The highest BCUT2D eigenvalue weighted by atomic mass is 16.5. The lowest BCUT2D eigenvalue weighted by atomic mass is 10.0. The first-order valence-electron chi connectivity index (χ1n) is 7.00. The smallest absolute Gasteiger partial charge is 0.231 e. The number of nitrogens with one attached hydrogen (secondary N) is 1. The highest BCUT2D eigenvalue weighted by Gasteiger charge is 2.18. The lowest BCUT2D eigenvalue weighted by molar-refractivity contribution is 0.0575. The second-order valence-electron chi connectivity index (χ2n) is 5.37. The SMILES string of the molecule is CNc1nc(N(C)C)nc(N(C)CC2CCCOC2)n1. The fourth-order valence-corrected chi connectivity index (χ4v) is 2.26. The van der Waals surface area contributed by atoms with E-state index in [1.165, 1.54) is 6.42 Å². The maximum atomic E-state index is 5.53. The summed E-state index contributed by atoms with van der Waals surface area (Å²) in [7, 11) is 7.68. The van der Waals surface area contributed by atoms with Gasteiger partial charge in [0.05, 0.1) is 6.61 Å². The zero-order valence-electron chi connectivity index (χ0n) is 12.8. The van der Waals surface area contributed by atoms with Crippen LogP contribution in [0.3, 0.4) is 0 Å². The van der Waals surface area contributed by atoms with Crippen molar-refractivity contribution in [1.82, 2.24) is 15.0 Å². The first-order chi connectivity index (χ1) is 9.60. The molecule has 0 aliphatic carbocycles. The van der Waals surface area contributed by atoms with E-state index in [9.17, 15) is 0 Å². The van der Waals surface area contributed by atoms with Gasteiger partial charge in [0.25, 0.3) is 0 Å². The van der Waals surface area contributed by atoms with Crippen LogP contribution in [0, 0.1) is 5.92 Å². The van der Waals surface area contributed by atoms with Gasteiger partial charge in [-0.25, -0.2) is 0 Å². The molecule has 1 saturated heterocycles. The van der Waals surface area contributed by atoms with Crippen LogP contribution in [0.5, 0.6) is 0 Å². The molecule has 1 aliphatic heterocycles. The van der Waals surface area contributed by atoms with Crippen LogP contribution in [0.1, 0.15) is 12.8 Å². The van der Waals surface area contributed by atoms with Crippen LogP contribution in [0.4, 0.5) is 17.8 Å². The van der Waals surface area contributed by atoms with Crippen molar-refractivity contribution in [2.24, 2.45) is 5.92 Å². The molecule has 0 aromatic carbocycles. The Hall–Kier alpha value is -1.63. The summed E-state index contributed by atoms with van der Waals surface area (Å²) in [6.07, 6.45) is 2.34. The molecule has 0 saturated carbocycles. The Bertz CT molecular complexity index is 433. The van der Waals surface area contributed by atoms with Crippen molar-refractivity contribution in [3.8, 4) is 0 Å². The predicted octanol–water partition coefficient (Wildman–Crippen LogP) is 0.842. The molecule has 0 amide bonds. The molecule has 1 aliphatic rings. The number of anilines is 3. The molecule has 2 rings (SSSR count). The Morgan fingerprint density at radius 1 is 1.20 bits per heavy atom.